The number of rotatable bonds is 2. The van der Waals surface area contributed by atoms with E-state index in [2.05, 4.69) is 4.99 Å². The molecule has 0 saturated carbocycles. The summed E-state index contributed by atoms with van der Waals surface area (Å²) in [6, 6.07) is 8.85. The van der Waals surface area contributed by atoms with Crippen molar-refractivity contribution in [3.63, 3.8) is 0 Å². The average Bonchev–Trinajstić information content (AvgIpc) is 2.15. The molecule has 0 bridgehead atoms. The Morgan fingerprint density at radius 3 is 2.58 bits per heavy atom. The quantitative estimate of drug-likeness (QED) is 0.487. The largest absolute Gasteiger partial charge is 0.446 e. The normalized spacial score (nSPS) is 9.67. The van der Waals surface area contributed by atoms with E-state index in [0.29, 0.717) is 11.3 Å². The molecule has 1 aromatic carbocycles. The zero-order valence-corrected chi connectivity index (χ0v) is 6.69. The highest BCUT2D eigenvalue weighted by atomic mass is 16.5. The molecular weight excluding hydrogens is 152 g/mol. The van der Waals surface area contributed by atoms with Gasteiger partial charge in [0.2, 0.25) is 0 Å². The summed E-state index contributed by atoms with van der Waals surface area (Å²) in [5, 5.41) is 8.49. The Balaban J connectivity index is 2.73. The molecule has 60 valence electrons. The molecule has 0 spiro atoms. The van der Waals surface area contributed by atoms with Crippen LogP contribution in [-0.4, -0.2) is 13.4 Å². The summed E-state index contributed by atoms with van der Waals surface area (Å²) in [7, 11) is 1.63. The minimum Gasteiger partial charge on any atom is -0.446 e. The third-order valence-corrected chi connectivity index (χ3v) is 1.28. The van der Waals surface area contributed by atoms with Gasteiger partial charge in [-0.15, -0.1) is 0 Å². The predicted molar refractivity (Wildman–Crippen MR) is 46.2 cm³/mol. The fourth-order valence-electron chi connectivity index (χ4n) is 0.722. The van der Waals surface area contributed by atoms with Gasteiger partial charge in [0.25, 0.3) is 0 Å². The van der Waals surface area contributed by atoms with Crippen molar-refractivity contribution in [1.82, 2.24) is 0 Å². The molecule has 0 heterocycles. The lowest BCUT2D eigenvalue weighted by Gasteiger charge is -1.96. The molecule has 0 radical (unpaired) electrons. The molecule has 0 fully saturated rings. The SMILES string of the molecule is CN=COc1ccc(C#N)cc1. The van der Waals surface area contributed by atoms with E-state index in [1.165, 1.54) is 6.40 Å². The Bertz CT molecular complexity index is 308. The van der Waals surface area contributed by atoms with Crippen molar-refractivity contribution in [2.24, 2.45) is 4.99 Å². The molecule has 3 heteroatoms. The van der Waals surface area contributed by atoms with Gasteiger partial charge in [-0.25, -0.2) is 0 Å². The molecular formula is C9H8N2O. The number of ether oxygens (including phenoxy) is 1. The lowest BCUT2D eigenvalue weighted by atomic mass is 10.2. The van der Waals surface area contributed by atoms with Crippen molar-refractivity contribution in [3.05, 3.63) is 29.8 Å². The maximum Gasteiger partial charge on any atom is 0.176 e. The minimum absolute atomic E-state index is 0.621. The highest BCUT2D eigenvalue weighted by Crippen LogP contribution is 2.10. The van der Waals surface area contributed by atoms with Crippen molar-refractivity contribution in [1.29, 1.82) is 5.26 Å². The average molecular weight is 160 g/mol. The molecule has 0 aliphatic carbocycles. The smallest absolute Gasteiger partial charge is 0.176 e. The van der Waals surface area contributed by atoms with Gasteiger partial charge < -0.3 is 4.74 Å². The highest BCUT2D eigenvalue weighted by molar-refractivity contribution is 5.52. The van der Waals surface area contributed by atoms with E-state index < -0.39 is 0 Å². The van der Waals surface area contributed by atoms with Gasteiger partial charge in [0.1, 0.15) is 5.75 Å². The first-order chi connectivity index (χ1) is 5.86. The Labute approximate surface area is 70.9 Å². The van der Waals surface area contributed by atoms with Gasteiger partial charge in [-0.05, 0) is 24.3 Å². The van der Waals surface area contributed by atoms with E-state index in [-0.39, 0.29) is 0 Å². The van der Waals surface area contributed by atoms with Crippen molar-refractivity contribution in [2.75, 3.05) is 7.05 Å². The van der Waals surface area contributed by atoms with Gasteiger partial charge in [0.05, 0.1) is 11.6 Å². The van der Waals surface area contributed by atoms with E-state index >= 15 is 0 Å². The first kappa shape index (κ1) is 8.28. The topological polar surface area (TPSA) is 45.4 Å². The third-order valence-electron chi connectivity index (χ3n) is 1.28. The van der Waals surface area contributed by atoms with Crippen LogP contribution in [0.3, 0.4) is 0 Å². The van der Waals surface area contributed by atoms with Crippen LogP contribution in [0.5, 0.6) is 5.75 Å². The summed E-state index contributed by atoms with van der Waals surface area (Å²) in [5.41, 5.74) is 0.621. The lowest BCUT2D eigenvalue weighted by Crippen LogP contribution is -1.88. The number of nitriles is 1. The number of aliphatic imine (C=N–C) groups is 1. The van der Waals surface area contributed by atoms with Crippen LogP contribution in [0.15, 0.2) is 29.3 Å². The number of hydrogen-bond donors (Lipinski definition) is 0. The van der Waals surface area contributed by atoms with Crippen LogP contribution in [0.2, 0.25) is 0 Å². The Kier molecular flexibility index (Phi) is 2.86. The molecule has 0 saturated heterocycles. The summed E-state index contributed by atoms with van der Waals surface area (Å²) >= 11 is 0. The molecule has 0 amide bonds. The summed E-state index contributed by atoms with van der Waals surface area (Å²) in [6.45, 7) is 0. The van der Waals surface area contributed by atoms with E-state index in [9.17, 15) is 0 Å². The maximum absolute atomic E-state index is 8.49. The standard InChI is InChI=1S/C9H8N2O/c1-11-7-12-9-4-2-8(6-10)3-5-9/h2-5,7H,1H3. The van der Waals surface area contributed by atoms with Gasteiger partial charge in [0, 0.05) is 7.05 Å². The van der Waals surface area contributed by atoms with E-state index in [1.54, 1.807) is 31.3 Å². The third kappa shape index (κ3) is 2.10. The van der Waals surface area contributed by atoms with Crippen LogP contribution >= 0.6 is 0 Å². The van der Waals surface area contributed by atoms with Gasteiger partial charge in [0.15, 0.2) is 6.40 Å². The Morgan fingerprint density at radius 1 is 1.42 bits per heavy atom. The molecule has 0 N–H and O–H groups in total. The second kappa shape index (κ2) is 4.14. The van der Waals surface area contributed by atoms with E-state index in [1.807, 2.05) is 6.07 Å². The predicted octanol–water partition coefficient (Wildman–Crippen LogP) is 1.60. The van der Waals surface area contributed by atoms with Crippen molar-refractivity contribution in [2.45, 2.75) is 0 Å². The van der Waals surface area contributed by atoms with Crippen LogP contribution in [0, 0.1) is 11.3 Å². The number of nitrogens with zero attached hydrogens (tertiary/aromatic N) is 2. The van der Waals surface area contributed by atoms with Gasteiger partial charge in [-0.1, -0.05) is 0 Å². The maximum atomic E-state index is 8.49. The summed E-state index contributed by atoms with van der Waals surface area (Å²) < 4.78 is 5.05. The van der Waals surface area contributed by atoms with Gasteiger partial charge >= 0.3 is 0 Å². The molecule has 12 heavy (non-hydrogen) atoms. The summed E-state index contributed by atoms with van der Waals surface area (Å²) in [4.78, 5) is 3.66. The minimum atomic E-state index is 0.621. The van der Waals surface area contributed by atoms with Crippen molar-refractivity contribution < 1.29 is 4.74 Å². The van der Waals surface area contributed by atoms with Crippen LogP contribution in [0.25, 0.3) is 0 Å². The molecule has 3 nitrogen and oxygen atoms in total. The van der Waals surface area contributed by atoms with Crippen molar-refractivity contribution >= 4 is 6.40 Å². The zero-order chi connectivity index (χ0) is 8.81. The number of hydrogen-bond acceptors (Lipinski definition) is 3. The lowest BCUT2D eigenvalue weighted by molar-refractivity contribution is 0.573. The zero-order valence-electron chi connectivity index (χ0n) is 6.69. The fraction of sp³-hybridized carbons (Fsp3) is 0.111. The highest BCUT2D eigenvalue weighted by Gasteiger charge is 1.91. The van der Waals surface area contributed by atoms with Crippen LogP contribution in [0.1, 0.15) is 5.56 Å². The molecule has 0 unspecified atom stereocenters. The second-order valence-corrected chi connectivity index (χ2v) is 2.12. The molecule has 0 aromatic heterocycles. The Hall–Kier alpha value is -1.82. The van der Waals surface area contributed by atoms with Gasteiger partial charge in [-0.3, -0.25) is 4.99 Å². The van der Waals surface area contributed by atoms with Crippen LogP contribution in [-0.2, 0) is 0 Å². The summed E-state index contributed by atoms with van der Waals surface area (Å²) in [5.74, 6) is 0.680. The molecule has 1 rings (SSSR count). The van der Waals surface area contributed by atoms with Gasteiger partial charge in [-0.2, -0.15) is 5.26 Å². The monoisotopic (exact) mass is 160 g/mol. The first-order valence-electron chi connectivity index (χ1n) is 3.44. The summed E-state index contributed by atoms with van der Waals surface area (Å²) in [6.07, 6.45) is 1.35. The number of benzene rings is 1. The van der Waals surface area contributed by atoms with E-state index in [4.69, 9.17) is 10.00 Å². The molecule has 1 aromatic rings. The second-order valence-electron chi connectivity index (χ2n) is 2.12. The molecule has 0 aliphatic rings. The first-order valence-corrected chi connectivity index (χ1v) is 3.44. The van der Waals surface area contributed by atoms with Crippen molar-refractivity contribution in [3.8, 4) is 11.8 Å². The molecule has 0 atom stereocenters. The molecule has 0 aliphatic heterocycles. The Morgan fingerprint density at radius 2 is 2.08 bits per heavy atom. The fourth-order valence-corrected chi connectivity index (χ4v) is 0.722. The van der Waals surface area contributed by atoms with Crippen LogP contribution in [0.4, 0.5) is 0 Å². The van der Waals surface area contributed by atoms with Crippen LogP contribution < -0.4 is 4.74 Å². The van der Waals surface area contributed by atoms with E-state index in [0.717, 1.165) is 0 Å².